The van der Waals surface area contributed by atoms with Crippen LogP contribution in [-0.4, -0.2) is 42.9 Å². The van der Waals surface area contributed by atoms with E-state index in [-0.39, 0.29) is 11.9 Å². The summed E-state index contributed by atoms with van der Waals surface area (Å²) in [4.78, 5) is 4.27. The van der Waals surface area contributed by atoms with Crippen molar-refractivity contribution < 1.29 is 9.84 Å². The summed E-state index contributed by atoms with van der Waals surface area (Å²) in [7, 11) is 0. The molecule has 2 aliphatic heterocycles. The van der Waals surface area contributed by atoms with Crippen LogP contribution in [0.1, 0.15) is 32.1 Å². The number of nitrogens with zero attached hydrogens (tertiary/aromatic N) is 4. The summed E-state index contributed by atoms with van der Waals surface area (Å²) >= 11 is 0. The molecule has 2 N–H and O–H groups in total. The molecule has 2 atom stereocenters. The van der Waals surface area contributed by atoms with Crippen molar-refractivity contribution in [2.24, 2.45) is 0 Å². The van der Waals surface area contributed by atoms with E-state index >= 15 is 0 Å². The third-order valence-electron chi connectivity index (χ3n) is 6.59. The van der Waals surface area contributed by atoms with Crippen LogP contribution in [0.2, 0.25) is 0 Å². The van der Waals surface area contributed by atoms with E-state index in [1.807, 2.05) is 53.2 Å². The minimum Gasteiger partial charge on any atom is -0.507 e. The topological polar surface area (TPSA) is 84.6 Å². The molecule has 2 unspecified atom stereocenters. The van der Waals surface area contributed by atoms with Crippen LogP contribution in [0.15, 0.2) is 61.1 Å². The Bertz CT molecular complexity index is 1240. The third kappa shape index (κ3) is 3.69. The molecule has 3 aromatic heterocycles. The van der Waals surface area contributed by atoms with Crippen LogP contribution in [0.5, 0.6) is 11.6 Å². The van der Waals surface area contributed by atoms with Crippen molar-refractivity contribution >= 4 is 5.65 Å². The SMILES string of the molecule is Oc1cc(-c2ccc3nccn3c2)ccc1-c1ccc(OC2CC3CCCC(C2)N3)nn1. The van der Waals surface area contributed by atoms with Gasteiger partial charge in [0.25, 0.3) is 0 Å². The van der Waals surface area contributed by atoms with Gasteiger partial charge in [0.15, 0.2) is 0 Å². The zero-order valence-electron chi connectivity index (χ0n) is 17.7. The molecule has 32 heavy (non-hydrogen) atoms. The Morgan fingerprint density at radius 1 is 0.969 bits per heavy atom. The predicted molar refractivity (Wildman–Crippen MR) is 122 cm³/mol. The number of nitrogens with one attached hydrogen (secondary N) is 1. The summed E-state index contributed by atoms with van der Waals surface area (Å²) in [5.74, 6) is 0.714. The van der Waals surface area contributed by atoms with Crippen LogP contribution < -0.4 is 10.1 Å². The first kappa shape index (κ1) is 19.3. The van der Waals surface area contributed by atoms with Gasteiger partial charge in [-0.15, -0.1) is 10.2 Å². The number of hydrogen-bond donors (Lipinski definition) is 2. The second-order valence-corrected chi connectivity index (χ2v) is 8.80. The third-order valence-corrected chi connectivity index (χ3v) is 6.59. The van der Waals surface area contributed by atoms with Gasteiger partial charge in [-0.25, -0.2) is 4.98 Å². The van der Waals surface area contributed by atoms with Crippen LogP contribution in [0.4, 0.5) is 0 Å². The van der Waals surface area contributed by atoms with Crippen LogP contribution >= 0.6 is 0 Å². The lowest BCUT2D eigenvalue weighted by atomic mass is 9.85. The maximum atomic E-state index is 10.7. The largest absolute Gasteiger partial charge is 0.507 e. The number of piperidine rings is 2. The Labute approximate surface area is 186 Å². The normalized spacial score (nSPS) is 22.7. The first-order valence-electron chi connectivity index (χ1n) is 11.2. The van der Waals surface area contributed by atoms with E-state index in [4.69, 9.17) is 4.74 Å². The van der Waals surface area contributed by atoms with E-state index in [1.165, 1.54) is 19.3 Å². The predicted octanol–water partition coefficient (Wildman–Crippen LogP) is 4.22. The maximum Gasteiger partial charge on any atom is 0.233 e. The highest BCUT2D eigenvalue weighted by molar-refractivity contribution is 5.74. The number of fused-ring (bicyclic) bond motifs is 3. The molecule has 0 saturated carbocycles. The smallest absolute Gasteiger partial charge is 0.233 e. The number of benzene rings is 1. The van der Waals surface area contributed by atoms with Crippen molar-refractivity contribution in [2.75, 3.05) is 0 Å². The van der Waals surface area contributed by atoms with Crippen LogP contribution in [0, 0.1) is 0 Å². The number of pyridine rings is 1. The molecule has 2 bridgehead atoms. The summed E-state index contributed by atoms with van der Waals surface area (Å²) in [6.45, 7) is 0. The van der Waals surface area contributed by atoms with Gasteiger partial charge in [0.1, 0.15) is 17.5 Å². The Balaban J connectivity index is 1.19. The maximum absolute atomic E-state index is 10.7. The molecule has 2 fully saturated rings. The standard InChI is InChI=1S/C25H25N5O2/c31-23-12-16(17-5-8-24-26-10-11-30(24)15-17)4-6-21(23)22-7-9-25(29-28-22)32-20-13-18-2-1-3-19(14-20)27-18/h4-12,15,18-20,27,31H,1-3,13-14H2. The molecule has 1 aromatic carbocycles. The quantitative estimate of drug-likeness (QED) is 0.507. The van der Waals surface area contributed by atoms with Gasteiger partial charge in [-0.1, -0.05) is 12.5 Å². The van der Waals surface area contributed by atoms with E-state index in [2.05, 4.69) is 20.5 Å². The zero-order valence-corrected chi connectivity index (χ0v) is 17.7. The molecule has 0 amide bonds. The fraction of sp³-hybridized carbons (Fsp3) is 0.320. The second-order valence-electron chi connectivity index (χ2n) is 8.80. The second kappa shape index (κ2) is 7.91. The van der Waals surface area contributed by atoms with Crippen molar-refractivity contribution in [3.8, 4) is 34.0 Å². The number of phenolic OH excluding ortho intramolecular Hbond substituents is 1. The number of rotatable bonds is 4. The summed E-state index contributed by atoms with van der Waals surface area (Å²) < 4.78 is 8.09. The van der Waals surface area contributed by atoms with E-state index in [1.54, 1.807) is 12.3 Å². The molecule has 2 saturated heterocycles. The first-order chi connectivity index (χ1) is 15.7. The fourth-order valence-corrected chi connectivity index (χ4v) is 5.03. The lowest BCUT2D eigenvalue weighted by molar-refractivity contribution is 0.0881. The summed E-state index contributed by atoms with van der Waals surface area (Å²) in [6.07, 6.45) is 11.7. The van der Waals surface area contributed by atoms with Gasteiger partial charge >= 0.3 is 0 Å². The molecular weight excluding hydrogens is 402 g/mol. The lowest BCUT2D eigenvalue weighted by Gasteiger charge is -2.39. The molecule has 6 rings (SSSR count). The number of hydrogen-bond acceptors (Lipinski definition) is 6. The molecule has 2 aliphatic rings. The average molecular weight is 428 g/mol. The minimum atomic E-state index is 0.169. The molecule has 4 aromatic rings. The molecular formula is C25H25N5O2. The van der Waals surface area contributed by atoms with Crippen molar-refractivity contribution in [3.63, 3.8) is 0 Å². The zero-order chi connectivity index (χ0) is 21.5. The minimum absolute atomic E-state index is 0.169. The van der Waals surface area contributed by atoms with E-state index < -0.39 is 0 Å². The average Bonchev–Trinajstić information content (AvgIpc) is 3.27. The van der Waals surface area contributed by atoms with Crippen LogP contribution in [0.25, 0.3) is 28.0 Å². The van der Waals surface area contributed by atoms with Gasteiger partial charge in [0.2, 0.25) is 5.88 Å². The highest BCUT2D eigenvalue weighted by Crippen LogP contribution is 2.33. The number of imidazole rings is 1. The molecule has 0 aliphatic carbocycles. The van der Waals surface area contributed by atoms with E-state index in [0.717, 1.165) is 29.6 Å². The van der Waals surface area contributed by atoms with Gasteiger partial charge < -0.3 is 19.6 Å². The van der Waals surface area contributed by atoms with Gasteiger partial charge in [-0.3, -0.25) is 0 Å². The van der Waals surface area contributed by atoms with Gasteiger partial charge in [-0.05, 0) is 67.1 Å². The number of aromatic hydroxyl groups is 1. The van der Waals surface area contributed by atoms with Crippen molar-refractivity contribution in [3.05, 3.63) is 61.1 Å². The Kier molecular flexibility index (Phi) is 4.76. The molecule has 162 valence electrons. The van der Waals surface area contributed by atoms with Gasteiger partial charge in [-0.2, -0.15) is 0 Å². The van der Waals surface area contributed by atoms with Crippen LogP contribution in [-0.2, 0) is 0 Å². The number of aromatic nitrogens is 4. The van der Waals surface area contributed by atoms with Crippen molar-refractivity contribution in [2.45, 2.75) is 50.3 Å². The summed E-state index contributed by atoms with van der Waals surface area (Å²) in [5, 5.41) is 23.0. The lowest BCUT2D eigenvalue weighted by Crippen LogP contribution is -2.51. The van der Waals surface area contributed by atoms with Gasteiger partial charge in [0.05, 0.1) is 5.69 Å². The molecule has 7 heteroatoms. The van der Waals surface area contributed by atoms with Crippen LogP contribution in [0.3, 0.4) is 0 Å². The monoisotopic (exact) mass is 427 g/mol. The Hall–Kier alpha value is -3.45. The highest BCUT2D eigenvalue weighted by Gasteiger charge is 2.32. The highest BCUT2D eigenvalue weighted by atomic mass is 16.5. The first-order valence-corrected chi connectivity index (χ1v) is 11.2. The molecule has 0 spiro atoms. The van der Waals surface area contributed by atoms with E-state index in [9.17, 15) is 5.11 Å². The fourth-order valence-electron chi connectivity index (χ4n) is 5.03. The summed E-state index contributed by atoms with van der Waals surface area (Å²) in [6, 6.07) is 14.4. The Morgan fingerprint density at radius 3 is 2.59 bits per heavy atom. The van der Waals surface area contributed by atoms with E-state index in [0.29, 0.717) is 29.2 Å². The van der Waals surface area contributed by atoms with Crippen molar-refractivity contribution in [1.82, 2.24) is 24.9 Å². The molecule has 0 radical (unpaired) electrons. The summed E-state index contributed by atoms with van der Waals surface area (Å²) in [5.41, 5.74) is 4.08. The number of ether oxygens (including phenoxy) is 1. The molecule has 5 heterocycles. The Morgan fingerprint density at radius 2 is 1.81 bits per heavy atom. The number of phenols is 1. The molecule has 7 nitrogen and oxygen atoms in total. The van der Waals surface area contributed by atoms with Gasteiger partial charge in [0, 0.05) is 42.3 Å². The van der Waals surface area contributed by atoms with Crippen molar-refractivity contribution in [1.29, 1.82) is 0 Å².